The monoisotopic (exact) mass is 258 g/mol. The smallest absolute Gasteiger partial charge is 0.141 e. The second-order valence-electron chi connectivity index (χ2n) is 4.22. The molecule has 4 heteroatoms. The first kappa shape index (κ1) is 11.2. The molecule has 0 aliphatic heterocycles. The van der Waals surface area contributed by atoms with Gasteiger partial charge in [-0.15, -0.1) is 0 Å². The minimum absolute atomic E-state index is 0.702. The highest BCUT2D eigenvalue weighted by molar-refractivity contribution is 6.35. The van der Waals surface area contributed by atoms with E-state index >= 15 is 0 Å². The number of rotatable bonds is 1. The largest absolute Gasteiger partial charge is 0.361 e. The van der Waals surface area contributed by atoms with Crippen molar-refractivity contribution < 1.29 is 4.52 Å². The van der Waals surface area contributed by atoms with Crippen LogP contribution < -0.4 is 0 Å². The van der Waals surface area contributed by atoms with Crippen LogP contribution in [0.5, 0.6) is 0 Å². The molecule has 3 nitrogen and oxygen atoms in total. The van der Waals surface area contributed by atoms with Gasteiger partial charge >= 0.3 is 0 Å². The average molecular weight is 259 g/mol. The molecule has 0 radical (unpaired) electrons. The zero-order valence-corrected chi connectivity index (χ0v) is 10.8. The minimum atomic E-state index is 0.702. The molecule has 0 spiro atoms. The van der Waals surface area contributed by atoms with E-state index in [2.05, 4.69) is 10.1 Å². The van der Waals surface area contributed by atoms with Crippen LogP contribution in [0.15, 0.2) is 35.0 Å². The van der Waals surface area contributed by atoms with Crippen LogP contribution in [0.25, 0.3) is 22.0 Å². The maximum absolute atomic E-state index is 6.19. The third-order valence-corrected chi connectivity index (χ3v) is 3.34. The third kappa shape index (κ3) is 1.68. The van der Waals surface area contributed by atoms with Gasteiger partial charge in [-0.3, -0.25) is 4.98 Å². The van der Waals surface area contributed by atoms with Gasteiger partial charge in [0.2, 0.25) is 0 Å². The maximum Gasteiger partial charge on any atom is 0.141 e. The van der Waals surface area contributed by atoms with Crippen LogP contribution >= 0.6 is 11.6 Å². The van der Waals surface area contributed by atoms with E-state index in [1.165, 1.54) is 0 Å². The molecule has 2 heterocycles. The first-order valence-corrected chi connectivity index (χ1v) is 6.02. The molecule has 1 aromatic carbocycles. The minimum Gasteiger partial charge on any atom is -0.361 e. The van der Waals surface area contributed by atoms with Crippen molar-refractivity contribution >= 4 is 22.5 Å². The van der Waals surface area contributed by atoms with Gasteiger partial charge in [0.05, 0.1) is 16.2 Å². The van der Waals surface area contributed by atoms with E-state index in [9.17, 15) is 0 Å². The molecule has 0 atom stereocenters. The quantitative estimate of drug-likeness (QED) is 0.658. The van der Waals surface area contributed by atoms with Crippen molar-refractivity contribution in [3.05, 3.63) is 46.9 Å². The summed E-state index contributed by atoms with van der Waals surface area (Å²) in [4.78, 5) is 4.29. The lowest BCUT2D eigenvalue weighted by Crippen LogP contribution is -1.84. The van der Waals surface area contributed by atoms with Gasteiger partial charge in [0, 0.05) is 17.1 Å². The first-order valence-electron chi connectivity index (χ1n) is 5.64. The summed E-state index contributed by atoms with van der Waals surface area (Å²) in [5.41, 5.74) is 3.84. The molecule has 0 fully saturated rings. The Morgan fingerprint density at radius 2 is 2.00 bits per heavy atom. The number of pyridine rings is 1. The van der Waals surface area contributed by atoms with Gasteiger partial charge in [0.15, 0.2) is 0 Å². The molecule has 2 aromatic heterocycles. The molecular weight excluding hydrogens is 248 g/mol. The molecule has 0 N–H and O–H groups in total. The van der Waals surface area contributed by atoms with Gasteiger partial charge in [0.25, 0.3) is 0 Å². The molecule has 0 aliphatic rings. The summed E-state index contributed by atoms with van der Waals surface area (Å²) in [6.07, 6.45) is 1.71. The fourth-order valence-electron chi connectivity index (χ4n) is 2.16. The Labute approximate surface area is 109 Å². The number of aryl methyl sites for hydroxylation is 2. The highest BCUT2D eigenvalue weighted by atomic mass is 35.5. The van der Waals surface area contributed by atoms with Crippen molar-refractivity contribution in [1.82, 2.24) is 10.1 Å². The van der Waals surface area contributed by atoms with E-state index in [1.54, 1.807) is 12.3 Å². The number of aromatic nitrogens is 2. The maximum atomic E-state index is 6.19. The highest BCUT2D eigenvalue weighted by Gasteiger charge is 2.12. The summed E-state index contributed by atoms with van der Waals surface area (Å²) in [6.45, 7) is 3.84. The molecular formula is C14H11ClN2O. The normalized spacial score (nSPS) is 11.1. The molecule has 0 saturated carbocycles. The summed E-state index contributed by atoms with van der Waals surface area (Å²) in [5, 5.41) is 5.62. The lowest BCUT2D eigenvalue weighted by Gasteiger charge is -2.04. The van der Waals surface area contributed by atoms with Gasteiger partial charge in [0.1, 0.15) is 5.76 Å². The lowest BCUT2D eigenvalue weighted by atomic mass is 10.0. The van der Waals surface area contributed by atoms with Gasteiger partial charge in [-0.25, -0.2) is 0 Å². The Bertz CT molecular complexity index is 714. The summed E-state index contributed by atoms with van der Waals surface area (Å²) < 4.78 is 5.19. The van der Waals surface area contributed by atoms with Gasteiger partial charge in [-0.2, -0.15) is 0 Å². The Morgan fingerprint density at radius 3 is 2.72 bits per heavy atom. The summed E-state index contributed by atoms with van der Waals surface area (Å²) in [5.74, 6) is 0.812. The molecule has 18 heavy (non-hydrogen) atoms. The van der Waals surface area contributed by atoms with Crippen LogP contribution in [0.3, 0.4) is 0 Å². The Hall–Kier alpha value is -1.87. The van der Waals surface area contributed by atoms with E-state index in [-0.39, 0.29) is 0 Å². The van der Waals surface area contributed by atoms with E-state index < -0.39 is 0 Å². The molecule has 0 unspecified atom stereocenters. The van der Waals surface area contributed by atoms with Crippen LogP contribution in [0.2, 0.25) is 5.02 Å². The SMILES string of the molecule is Cc1noc(C)c1-c1ccc2nccc(Cl)c2c1. The van der Waals surface area contributed by atoms with Crippen LogP contribution in [-0.4, -0.2) is 10.1 Å². The Morgan fingerprint density at radius 1 is 1.17 bits per heavy atom. The van der Waals surface area contributed by atoms with Crippen LogP contribution in [0.4, 0.5) is 0 Å². The highest BCUT2D eigenvalue weighted by Crippen LogP contribution is 2.31. The molecule has 3 aromatic rings. The molecule has 3 rings (SSSR count). The number of halogens is 1. The number of hydrogen-bond acceptors (Lipinski definition) is 3. The average Bonchev–Trinajstić information content (AvgIpc) is 2.69. The third-order valence-electron chi connectivity index (χ3n) is 3.01. The molecule has 90 valence electrons. The standard InChI is InChI=1S/C14H11ClN2O/c1-8-14(9(2)18-17-8)10-3-4-13-11(7-10)12(15)5-6-16-13/h3-7H,1-2H3. The van der Waals surface area contributed by atoms with Gasteiger partial charge in [-0.1, -0.05) is 22.8 Å². The fraction of sp³-hybridized carbons (Fsp3) is 0.143. The number of fused-ring (bicyclic) bond motifs is 1. The number of benzene rings is 1. The lowest BCUT2D eigenvalue weighted by molar-refractivity contribution is 0.393. The molecule has 0 aliphatic carbocycles. The van der Waals surface area contributed by atoms with Crippen LogP contribution in [-0.2, 0) is 0 Å². The topological polar surface area (TPSA) is 38.9 Å². The van der Waals surface area contributed by atoms with E-state index in [1.807, 2.05) is 32.0 Å². The van der Waals surface area contributed by atoms with Gasteiger partial charge in [-0.05, 0) is 37.6 Å². The number of hydrogen-bond donors (Lipinski definition) is 0. The van der Waals surface area contributed by atoms with E-state index in [4.69, 9.17) is 16.1 Å². The van der Waals surface area contributed by atoms with E-state index in [0.717, 1.165) is 33.5 Å². The first-order chi connectivity index (χ1) is 8.66. The second kappa shape index (κ2) is 4.10. The second-order valence-corrected chi connectivity index (χ2v) is 4.63. The molecule has 0 bridgehead atoms. The Kier molecular flexibility index (Phi) is 2.56. The van der Waals surface area contributed by atoms with Crippen LogP contribution in [0.1, 0.15) is 11.5 Å². The fourth-order valence-corrected chi connectivity index (χ4v) is 2.37. The van der Waals surface area contributed by atoms with Crippen molar-refractivity contribution in [1.29, 1.82) is 0 Å². The number of nitrogens with zero attached hydrogens (tertiary/aromatic N) is 2. The van der Waals surface area contributed by atoms with Crippen molar-refractivity contribution in [3.8, 4) is 11.1 Å². The van der Waals surface area contributed by atoms with Gasteiger partial charge < -0.3 is 4.52 Å². The molecule has 0 saturated heterocycles. The van der Waals surface area contributed by atoms with E-state index in [0.29, 0.717) is 5.02 Å². The summed E-state index contributed by atoms with van der Waals surface area (Å²) in [6, 6.07) is 7.79. The van der Waals surface area contributed by atoms with Crippen molar-refractivity contribution in [3.63, 3.8) is 0 Å². The predicted molar refractivity (Wildman–Crippen MR) is 71.7 cm³/mol. The summed E-state index contributed by atoms with van der Waals surface area (Å²) >= 11 is 6.19. The van der Waals surface area contributed by atoms with Crippen LogP contribution in [0, 0.1) is 13.8 Å². The van der Waals surface area contributed by atoms with Crippen molar-refractivity contribution in [2.24, 2.45) is 0 Å². The Balaban J connectivity index is 2.29. The molecule has 0 amide bonds. The zero-order valence-electron chi connectivity index (χ0n) is 10.1. The van der Waals surface area contributed by atoms with Crippen molar-refractivity contribution in [2.45, 2.75) is 13.8 Å². The van der Waals surface area contributed by atoms with Crippen molar-refractivity contribution in [2.75, 3.05) is 0 Å². The zero-order chi connectivity index (χ0) is 12.7. The predicted octanol–water partition coefficient (Wildman–Crippen LogP) is 4.16. The summed E-state index contributed by atoms with van der Waals surface area (Å²) in [7, 11) is 0.